The van der Waals surface area contributed by atoms with Crippen molar-refractivity contribution >= 4 is 17.8 Å². The number of aromatic hydroxyl groups is 1. The third-order valence-corrected chi connectivity index (χ3v) is 2.37. The van der Waals surface area contributed by atoms with E-state index < -0.39 is 22.3 Å². The number of nitrogens with one attached hydrogen (secondary N) is 1. The lowest BCUT2D eigenvalue weighted by atomic mass is 10.2. The molecule has 1 amide bonds. The van der Waals surface area contributed by atoms with Gasteiger partial charge in [-0.25, -0.2) is 10.4 Å². The van der Waals surface area contributed by atoms with E-state index in [1.54, 1.807) is 0 Å². The number of phenols is 1. The zero-order valence-corrected chi connectivity index (χ0v) is 10.5. The summed E-state index contributed by atoms with van der Waals surface area (Å²) < 4.78 is 0. The summed E-state index contributed by atoms with van der Waals surface area (Å²) in [6, 6.07) is 3.72. The molecule has 0 aliphatic heterocycles. The molecule has 0 aliphatic carbocycles. The Labute approximate surface area is 118 Å². The minimum Gasteiger partial charge on any atom is -0.502 e. The smallest absolute Gasteiger partial charge is 0.311 e. The van der Waals surface area contributed by atoms with Gasteiger partial charge in [0.1, 0.15) is 5.69 Å². The molecule has 0 spiro atoms. The van der Waals surface area contributed by atoms with Crippen LogP contribution in [-0.4, -0.2) is 32.1 Å². The number of nitro groups is 1. The average Bonchev–Trinajstić information content (AvgIpc) is 2.49. The third-order valence-electron chi connectivity index (χ3n) is 2.37. The predicted molar refractivity (Wildman–Crippen MR) is 71.9 cm³/mol. The first-order chi connectivity index (χ1) is 10.1. The van der Waals surface area contributed by atoms with Crippen LogP contribution in [0.3, 0.4) is 0 Å². The summed E-state index contributed by atoms with van der Waals surface area (Å²) >= 11 is 0. The van der Waals surface area contributed by atoms with Gasteiger partial charge in [0, 0.05) is 24.0 Å². The van der Waals surface area contributed by atoms with E-state index in [0.29, 0.717) is 5.56 Å². The number of nitro benzene ring substituents is 1. The summed E-state index contributed by atoms with van der Waals surface area (Å²) in [5.41, 5.74) is 2.20. The van der Waals surface area contributed by atoms with Crippen LogP contribution in [0.2, 0.25) is 0 Å². The molecular weight excluding hydrogens is 278 g/mol. The van der Waals surface area contributed by atoms with Crippen LogP contribution in [0.4, 0.5) is 5.69 Å². The van der Waals surface area contributed by atoms with E-state index in [1.165, 1.54) is 36.9 Å². The molecule has 1 aromatic heterocycles. The number of rotatable bonds is 4. The van der Waals surface area contributed by atoms with E-state index in [2.05, 4.69) is 20.5 Å². The number of carbonyl (C=O) groups excluding carboxylic acids is 1. The SMILES string of the molecule is O=C(N/N=C/c1ccc(O)c([N+](=O)[O-])c1)c1cnccn1. The fraction of sp³-hybridized carbons (Fsp3) is 0. The number of hydrogen-bond donors (Lipinski definition) is 2. The molecule has 0 unspecified atom stereocenters. The van der Waals surface area contributed by atoms with Crippen LogP contribution >= 0.6 is 0 Å². The monoisotopic (exact) mass is 287 g/mol. The Hall–Kier alpha value is -3.36. The molecule has 9 nitrogen and oxygen atoms in total. The maximum Gasteiger partial charge on any atom is 0.311 e. The van der Waals surface area contributed by atoms with Crippen LogP contribution in [0.5, 0.6) is 5.75 Å². The molecule has 0 bridgehead atoms. The second-order valence-corrected chi connectivity index (χ2v) is 3.80. The van der Waals surface area contributed by atoms with E-state index in [0.717, 1.165) is 6.07 Å². The van der Waals surface area contributed by atoms with Crippen LogP contribution in [0.15, 0.2) is 41.9 Å². The normalized spacial score (nSPS) is 10.5. The van der Waals surface area contributed by atoms with E-state index >= 15 is 0 Å². The van der Waals surface area contributed by atoms with Crippen molar-refractivity contribution in [3.05, 3.63) is 58.2 Å². The Morgan fingerprint density at radius 3 is 2.90 bits per heavy atom. The van der Waals surface area contributed by atoms with Crippen LogP contribution < -0.4 is 5.43 Å². The number of benzene rings is 1. The number of nitrogens with zero attached hydrogens (tertiary/aromatic N) is 4. The van der Waals surface area contributed by atoms with Gasteiger partial charge in [-0.2, -0.15) is 5.10 Å². The zero-order valence-electron chi connectivity index (χ0n) is 10.5. The first-order valence-electron chi connectivity index (χ1n) is 5.65. The molecule has 0 atom stereocenters. The van der Waals surface area contributed by atoms with Crippen molar-refractivity contribution in [2.45, 2.75) is 0 Å². The molecule has 2 N–H and O–H groups in total. The summed E-state index contributed by atoms with van der Waals surface area (Å²) in [5, 5.41) is 23.6. The summed E-state index contributed by atoms with van der Waals surface area (Å²) in [5.74, 6) is -1.01. The second kappa shape index (κ2) is 6.19. The highest BCUT2D eigenvalue weighted by atomic mass is 16.6. The molecule has 106 valence electrons. The van der Waals surface area contributed by atoms with Crippen molar-refractivity contribution in [1.82, 2.24) is 15.4 Å². The van der Waals surface area contributed by atoms with Gasteiger partial charge < -0.3 is 5.11 Å². The lowest BCUT2D eigenvalue weighted by Crippen LogP contribution is -2.19. The first kappa shape index (κ1) is 14.1. The number of phenolic OH excluding ortho intramolecular Hbond substituents is 1. The molecule has 2 rings (SSSR count). The number of hydrogen-bond acceptors (Lipinski definition) is 7. The molecule has 0 fully saturated rings. The van der Waals surface area contributed by atoms with Gasteiger partial charge in [-0.05, 0) is 12.1 Å². The Morgan fingerprint density at radius 2 is 2.24 bits per heavy atom. The second-order valence-electron chi connectivity index (χ2n) is 3.80. The minimum atomic E-state index is -0.717. The van der Waals surface area contributed by atoms with Crippen molar-refractivity contribution in [3.8, 4) is 5.75 Å². The lowest BCUT2D eigenvalue weighted by molar-refractivity contribution is -0.385. The van der Waals surface area contributed by atoms with E-state index in [-0.39, 0.29) is 5.69 Å². The van der Waals surface area contributed by atoms with Crippen LogP contribution in [0.1, 0.15) is 16.1 Å². The Balaban J connectivity index is 2.07. The topological polar surface area (TPSA) is 131 Å². The van der Waals surface area contributed by atoms with Gasteiger partial charge in [0.05, 0.1) is 17.3 Å². The molecule has 0 radical (unpaired) electrons. The summed E-state index contributed by atoms with van der Waals surface area (Å²) in [4.78, 5) is 29.0. The highest BCUT2D eigenvalue weighted by molar-refractivity contribution is 5.92. The predicted octanol–water partition coefficient (Wildman–Crippen LogP) is 0.854. The number of amides is 1. The Bertz CT molecular complexity index is 702. The molecule has 2 aromatic rings. The van der Waals surface area contributed by atoms with E-state index in [4.69, 9.17) is 0 Å². The average molecular weight is 287 g/mol. The minimum absolute atomic E-state index is 0.0892. The molecule has 1 heterocycles. The number of hydrazone groups is 1. The highest BCUT2D eigenvalue weighted by Crippen LogP contribution is 2.25. The van der Waals surface area contributed by atoms with Crippen LogP contribution in [-0.2, 0) is 0 Å². The van der Waals surface area contributed by atoms with Crippen LogP contribution in [0.25, 0.3) is 0 Å². The largest absolute Gasteiger partial charge is 0.502 e. The number of carbonyl (C=O) groups is 1. The third kappa shape index (κ3) is 3.56. The van der Waals surface area contributed by atoms with Gasteiger partial charge in [0.2, 0.25) is 0 Å². The summed E-state index contributed by atoms with van der Waals surface area (Å²) in [7, 11) is 0. The molecule has 1 aromatic carbocycles. The molecular formula is C12H9N5O4. The summed E-state index contributed by atoms with van der Waals surface area (Å²) in [6.07, 6.45) is 5.27. The maximum absolute atomic E-state index is 11.6. The molecule has 9 heteroatoms. The van der Waals surface area contributed by atoms with Gasteiger partial charge in [-0.3, -0.25) is 19.9 Å². The fourth-order valence-corrected chi connectivity index (χ4v) is 1.41. The lowest BCUT2D eigenvalue weighted by Gasteiger charge is -1.99. The van der Waals surface area contributed by atoms with Crippen molar-refractivity contribution in [1.29, 1.82) is 0 Å². The maximum atomic E-state index is 11.6. The van der Waals surface area contributed by atoms with Crippen LogP contribution in [0, 0.1) is 10.1 Å². The van der Waals surface area contributed by atoms with Gasteiger partial charge in [0.25, 0.3) is 5.91 Å². The molecule has 21 heavy (non-hydrogen) atoms. The van der Waals surface area contributed by atoms with Gasteiger partial charge >= 0.3 is 5.69 Å². The highest BCUT2D eigenvalue weighted by Gasteiger charge is 2.12. The van der Waals surface area contributed by atoms with Crippen molar-refractivity contribution in [2.75, 3.05) is 0 Å². The van der Waals surface area contributed by atoms with E-state index in [9.17, 15) is 20.0 Å². The van der Waals surface area contributed by atoms with Gasteiger partial charge in [0.15, 0.2) is 5.75 Å². The van der Waals surface area contributed by atoms with Crippen molar-refractivity contribution in [2.24, 2.45) is 5.10 Å². The van der Waals surface area contributed by atoms with Gasteiger partial charge in [-0.15, -0.1) is 0 Å². The molecule has 0 saturated carbocycles. The quantitative estimate of drug-likeness (QED) is 0.487. The number of aromatic nitrogens is 2. The van der Waals surface area contributed by atoms with E-state index in [1.807, 2.05) is 0 Å². The molecule has 0 saturated heterocycles. The Kier molecular flexibility index (Phi) is 4.14. The van der Waals surface area contributed by atoms with Crippen molar-refractivity contribution < 1.29 is 14.8 Å². The molecule has 0 aliphatic rings. The van der Waals surface area contributed by atoms with Gasteiger partial charge in [-0.1, -0.05) is 0 Å². The Morgan fingerprint density at radius 1 is 1.43 bits per heavy atom. The fourth-order valence-electron chi connectivity index (χ4n) is 1.41. The van der Waals surface area contributed by atoms with Crippen molar-refractivity contribution in [3.63, 3.8) is 0 Å². The first-order valence-corrected chi connectivity index (χ1v) is 5.65. The zero-order chi connectivity index (χ0) is 15.2. The summed E-state index contributed by atoms with van der Waals surface area (Å²) in [6.45, 7) is 0. The standard InChI is InChI=1S/C12H9N5O4/c18-11-2-1-8(5-10(11)17(20)21)6-15-16-12(19)9-7-13-3-4-14-9/h1-7,18H,(H,16,19)/b15-6+.